The Morgan fingerprint density at radius 2 is 1.93 bits per heavy atom. The number of hydrogen-bond donors (Lipinski definition) is 1. The fraction of sp³-hybridized carbons (Fsp3) is 0.227. The molecule has 4 rings (SSSR count). The van der Waals surface area contributed by atoms with E-state index in [2.05, 4.69) is 26.3 Å². The third kappa shape index (κ3) is 4.40. The van der Waals surface area contributed by atoms with Gasteiger partial charge in [-0.25, -0.2) is 4.68 Å². The van der Waals surface area contributed by atoms with E-state index < -0.39 is 5.91 Å². The summed E-state index contributed by atoms with van der Waals surface area (Å²) in [5.41, 5.74) is 3.22. The summed E-state index contributed by atoms with van der Waals surface area (Å²) in [6.45, 7) is 0.181. The predicted octanol–water partition coefficient (Wildman–Crippen LogP) is 3.91. The average Bonchev–Trinajstić information content (AvgIpc) is 3.35. The summed E-state index contributed by atoms with van der Waals surface area (Å²) in [5, 5.41) is 7.03. The van der Waals surface area contributed by atoms with Gasteiger partial charge in [-0.3, -0.25) is 9.59 Å². The van der Waals surface area contributed by atoms with Gasteiger partial charge in [-0.2, -0.15) is 5.10 Å². The van der Waals surface area contributed by atoms with Gasteiger partial charge in [-0.15, -0.1) is 0 Å². The van der Waals surface area contributed by atoms with E-state index in [-0.39, 0.29) is 18.5 Å². The van der Waals surface area contributed by atoms with E-state index in [1.807, 2.05) is 48.5 Å². The summed E-state index contributed by atoms with van der Waals surface area (Å²) in [6.07, 6.45) is 3.20. The summed E-state index contributed by atoms with van der Waals surface area (Å²) in [7, 11) is 0. The second kappa shape index (κ2) is 8.61. The highest BCUT2D eigenvalue weighted by Crippen LogP contribution is 2.33. The van der Waals surface area contributed by atoms with Crippen molar-refractivity contribution < 1.29 is 14.3 Å². The molecule has 1 aliphatic rings. The third-order valence-electron chi connectivity index (χ3n) is 5.02. The lowest BCUT2D eigenvalue weighted by molar-refractivity contribution is -0.148. The smallest absolute Gasteiger partial charge is 0.313 e. The van der Waals surface area contributed by atoms with Crippen LogP contribution in [-0.4, -0.2) is 28.3 Å². The molecule has 3 aromatic rings. The normalized spacial score (nSPS) is 15.0. The highest BCUT2D eigenvalue weighted by Gasteiger charge is 2.29. The van der Waals surface area contributed by atoms with Crippen LogP contribution >= 0.6 is 15.9 Å². The van der Waals surface area contributed by atoms with Crippen molar-refractivity contribution >= 4 is 33.6 Å². The first kappa shape index (κ1) is 19.4. The van der Waals surface area contributed by atoms with Crippen molar-refractivity contribution in [2.45, 2.75) is 25.3 Å². The summed E-state index contributed by atoms with van der Waals surface area (Å²) in [5.74, 6) is -0.488. The Morgan fingerprint density at radius 1 is 1.14 bits per heavy atom. The van der Waals surface area contributed by atoms with Gasteiger partial charge in [0.25, 0.3) is 5.91 Å². The Kier molecular flexibility index (Phi) is 5.76. The fourth-order valence-electron chi connectivity index (χ4n) is 3.57. The number of benzene rings is 2. The lowest BCUT2D eigenvalue weighted by Gasteiger charge is -2.13. The van der Waals surface area contributed by atoms with E-state index in [0.29, 0.717) is 12.4 Å². The van der Waals surface area contributed by atoms with E-state index in [4.69, 9.17) is 4.74 Å². The van der Waals surface area contributed by atoms with Gasteiger partial charge in [-0.05, 0) is 35.6 Å². The number of fused-ring (bicyclic) bond motifs is 1. The molecule has 7 heteroatoms. The molecule has 0 spiro atoms. The van der Waals surface area contributed by atoms with Gasteiger partial charge in [0.15, 0.2) is 6.61 Å². The van der Waals surface area contributed by atoms with Crippen LogP contribution in [0.2, 0.25) is 0 Å². The molecule has 1 aliphatic carbocycles. The number of rotatable bonds is 6. The second-order valence-electron chi connectivity index (χ2n) is 6.91. The van der Waals surface area contributed by atoms with Crippen molar-refractivity contribution in [2.24, 2.45) is 0 Å². The molecule has 0 aliphatic heterocycles. The lowest BCUT2D eigenvalue weighted by Crippen LogP contribution is -2.24. The Morgan fingerprint density at radius 3 is 2.79 bits per heavy atom. The third-order valence-corrected chi connectivity index (χ3v) is 5.80. The van der Waals surface area contributed by atoms with Crippen molar-refractivity contribution in [3.63, 3.8) is 0 Å². The Hall–Kier alpha value is -2.93. The summed E-state index contributed by atoms with van der Waals surface area (Å²) < 4.78 is 7.94. The largest absolute Gasteiger partial charge is 0.455 e. The van der Waals surface area contributed by atoms with Crippen molar-refractivity contribution in [1.82, 2.24) is 9.78 Å². The van der Waals surface area contributed by atoms with Crippen LogP contribution in [0.1, 0.15) is 29.0 Å². The van der Waals surface area contributed by atoms with Crippen LogP contribution in [0.3, 0.4) is 0 Å². The highest BCUT2D eigenvalue weighted by molar-refractivity contribution is 9.10. The monoisotopic (exact) mass is 453 g/mol. The number of anilines is 1. The molecule has 2 aromatic carbocycles. The average molecular weight is 454 g/mol. The van der Waals surface area contributed by atoms with Crippen LogP contribution in [0.5, 0.6) is 0 Å². The Bertz CT molecular complexity index is 1050. The molecule has 0 unspecified atom stereocenters. The van der Waals surface area contributed by atoms with Crippen LogP contribution < -0.4 is 5.32 Å². The molecule has 1 heterocycles. The van der Waals surface area contributed by atoms with Gasteiger partial charge in [-0.1, -0.05) is 58.4 Å². The minimum atomic E-state index is -0.390. The number of nitrogens with one attached hydrogen (secondary N) is 1. The molecule has 6 nitrogen and oxygen atoms in total. The molecular formula is C22H20BrN3O3. The minimum absolute atomic E-state index is 0.292. The van der Waals surface area contributed by atoms with Gasteiger partial charge in [0.05, 0.1) is 18.7 Å². The first-order chi connectivity index (χ1) is 14.1. The SMILES string of the molecule is O=C(COC(=O)[C@@H]1CCc2ccccc21)Nc1ccnn1Cc1ccccc1Br. The number of esters is 1. The molecule has 1 amide bonds. The number of hydrogen-bond acceptors (Lipinski definition) is 4. The maximum absolute atomic E-state index is 12.4. The molecule has 1 aromatic heterocycles. The molecule has 0 saturated heterocycles. The zero-order chi connectivity index (χ0) is 20.2. The fourth-order valence-corrected chi connectivity index (χ4v) is 3.98. The van der Waals surface area contributed by atoms with Crippen molar-refractivity contribution in [2.75, 3.05) is 11.9 Å². The van der Waals surface area contributed by atoms with Crippen LogP contribution in [-0.2, 0) is 27.3 Å². The summed E-state index contributed by atoms with van der Waals surface area (Å²) in [6, 6.07) is 17.4. The van der Waals surface area contributed by atoms with E-state index in [0.717, 1.165) is 28.4 Å². The second-order valence-corrected chi connectivity index (χ2v) is 7.77. The van der Waals surface area contributed by atoms with E-state index >= 15 is 0 Å². The summed E-state index contributed by atoms with van der Waals surface area (Å²) >= 11 is 3.52. The van der Waals surface area contributed by atoms with Crippen molar-refractivity contribution in [3.05, 3.63) is 82.0 Å². The molecule has 148 valence electrons. The van der Waals surface area contributed by atoms with E-state index in [1.165, 1.54) is 5.56 Å². The number of aryl methyl sites for hydroxylation is 1. The molecule has 1 atom stereocenters. The number of amides is 1. The van der Waals surface area contributed by atoms with Crippen molar-refractivity contribution in [1.29, 1.82) is 0 Å². The summed E-state index contributed by atoms with van der Waals surface area (Å²) in [4.78, 5) is 24.7. The topological polar surface area (TPSA) is 73.2 Å². The number of nitrogens with zero attached hydrogens (tertiary/aromatic N) is 2. The molecular weight excluding hydrogens is 434 g/mol. The number of carbonyl (C=O) groups excluding carboxylic acids is 2. The zero-order valence-corrected chi connectivity index (χ0v) is 17.3. The molecule has 1 N–H and O–H groups in total. The van der Waals surface area contributed by atoms with Gasteiger partial charge < -0.3 is 10.1 Å². The van der Waals surface area contributed by atoms with Crippen LogP contribution in [0, 0.1) is 0 Å². The minimum Gasteiger partial charge on any atom is -0.455 e. The molecule has 29 heavy (non-hydrogen) atoms. The van der Waals surface area contributed by atoms with Crippen molar-refractivity contribution in [3.8, 4) is 0 Å². The van der Waals surface area contributed by atoms with E-state index in [9.17, 15) is 9.59 Å². The number of halogens is 1. The van der Waals surface area contributed by atoms with E-state index in [1.54, 1.807) is 16.9 Å². The van der Waals surface area contributed by atoms with Crippen LogP contribution in [0.25, 0.3) is 0 Å². The van der Waals surface area contributed by atoms with Gasteiger partial charge >= 0.3 is 5.97 Å². The highest BCUT2D eigenvalue weighted by atomic mass is 79.9. The Balaban J connectivity index is 1.34. The van der Waals surface area contributed by atoms with Gasteiger partial charge in [0.2, 0.25) is 0 Å². The number of aromatic nitrogens is 2. The Labute approximate surface area is 177 Å². The maximum atomic E-state index is 12.4. The zero-order valence-electron chi connectivity index (χ0n) is 15.7. The first-order valence-electron chi connectivity index (χ1n) is 9.41. The van der Waals surface area contributed by atoms with Gasteiger partial charge in [0.1, 0.15) is 5.82 Å². The number of carbonyl (C=O) groups is 2. The lowest BCUT2D eigenvalue weighted by atomic mass is 10.0. The standard InChI is InChI=1S/C22H20BrN3O3/c23-19-8-4-2-6-16(19)13-26-20(11-12-24-26)25-21(27)14-29-22(28)18-10-9-15-5-1-3-7-17(15)18/h1-8,11-12,18H,9-10,13-14H2,(H,25,27)/t18-/m1/s1. The van der Waals surface area contributed by atoms with Gasteiger partial charge in [0, 0.05) is 10.5 Å². The quantitative estimate of drug-likeness (QED) is 0.574. The molecule has 0 bridgehead atoms. The number of ether oxygens (including phenoxy) is 1. The maximum Gasteiger partial charge on any atom is 0.313 e. The molecule has 0 saturated carbocycles. The first-order valence-corrected chi connectivity index (χ1v) is 10.2. The molecule has 0 fully saturated rings. The molecule has 0 radical (unpaired) electrons. The van der Waals surface area contributed by atoms with Crippen LogP contribution in [0.4, 0.5) is 5.82 Å². The van der Waals surface area contributed by atoms with Crippen LogP contribution in [0.15, 0.2) is 65.3 Å². The predicted molar refractivity (Wildman–Crippen MR) is 113 cm³/mol.